The number of nitro groups is 1. The van der Waals surface area contributed by atoms with Crippen LogP contribution in [0.4, 0.5) is 5.69 Å². The highest BCUT2D eigenvalue weighted by molar-refractivity contribution is 7.89. The number of nitrogens with zero attached hydrogens (tertiary/aromatic N) is 3. The van der Waals surface area contributed by atoms with Crippen molar-refractivity contribution in [3.63, 3.8) is 0 Å². The molecule has 162 valence electrons. The zero-order valence-corrected chi connectivity index (χ0v) is 18.1. The number of ether oxygens (including phenoxy) is 1. The predicted octanol–water partition coefficient (Wildman–Crippen LogP) is 2.79. The maximum absolute atomic E-state index is 12.6. The van der Waals surface area contributed by atoms with Gasteiger partial charge in [0.25, 0.3) is 5.91 Å². The van der Waals surface area contributed by atoms with Crippen LogP contribution in [0, 0.1) is 10.1 Å². The molecule has 1 saturated heterocycles. The quantitative estimate of drug-likeness (QED) is 0.466. The molecule has 0 aromatic heterocycles. The molecule has 0 unspecified atom stereocenters. The number of benzene rings is 1. The molecule has 0 aliphatic carbocycles. The summed E-state index contributed by atoms with van der Waals surface area (Å²) in [5.74, 6) is -0.363. The molecule has 1 aliphatic rings. The van der Waals surface area contributed by atoms with Crippen molar-refractivity contribution >= 4 is 21.6 Å². The van der Waals surface area contributed by atoms with E-state index in [0.717, 1.165) is 25.3 Å². The standard InChI is InChI=1S/C19H29N3O6S/c1-5-20(6-2)29(26,27)16-10-11-18(17(12-16)22(24)25)28-13-19(23)21-14(3)8-7-9-15(21)4/h10-12,14-15H,5-9,13H2,1-4H3/t14-,15+. The normalized spacial score (nSPS) is 20.0. The molecule has 1 fully saturated rings. The molecule has 0 radical (unpaired) electrons. The second-order valence-electron chi connectivity index (χ2n) is 7.19. The summed E-state index contributed by atoms with van der Waals surface area (Å²) in [6.45, 7) is 7.52. The Hall–Kier alpha value is -2.20. The lowest BCUT2D eigenvalue weighted by Gasteiger charge is -2.38. The summed E-state index contributed by atoms with van der Waals surface area (Å²) in [7, 11) is -3.84. The molecular weight excluding hydrogens is 398 g/mol. The van der Waals surface area contributed by atoms with Crippen LogP contribution < -0.4 is 4.74 Å². The molecule has 1 amide bonds. The molecule has 0 bridgehead atoms. The Bertz CT molecular complexity index is 844. The van der Waals surface area contributed by atoms with Crippen LogP contribution in [-0.2, 0) is 14.8 Å². The minimum Gasteiger partial charge on any atom is -0.477 e. The Morgan fingerprint density at radius 3 is 2.34 bits per heavy atom. The second-order valence-corrected chi connectivity index (χ2v) is 9.13. The first-order chi connectivity index (χ1) is 13.6. The molecule has 2 atom stereocenters. The van der Waals surface area contributed by atoms with Crippen LogP contribution in [0.25, 0.3) is 0 Å². The molecule has 29 heavy (non-hydrogen) atoms. The number of hydrogen-bond donors (Lipinski definition) is 0. The molecule has 0 N–H and O–H groups in total. The Morgan fingerprint density at radius 1 is 1.24 bits per heavy atom. The van der Waals surface area contributed by atoms with Gasteiger partial charge in [-0.05, 0) is 45.2 Å². The first-order valence-electron chi connectivity index (χ1n) is 9.86. The number of piperidine rings is 1. The van der Waals surface area contributed by atoms with Crippen LogP contribution in [0.2, 0.25) is 0 Å². The van der Waals surface area contributed by atoms with E-state index in [-0.39, 0.29) is 48.3 Å². The molecular formula is C19H29N3O6S. The van der Waals surface area contributed by atoms with Crippen LogP contribution >= 0.6 is 0 Å². The Balaban J connectivity index is 2.23. The van der Waals surface area contributed by atoms with Gasteiger partial charge in [-0.15, -0.1) is 0 Å². The van der Waals surface area contributed by atoms with Crippen LogP contribution in [-0.4, -0.2) is 60.2 Å². The summed E-state index contributed by atoms with van der Waals surface area (Å²) >= 11 is 0. The molecule has 1 aromatic carbocycles. The molecule has 2 rings (SSSR count). The highest BCUT2D eigenvalue weighted by atomic mass is 32.2. The molecule has 0 saturated carbocycles. The van der Waals surface area contributed by atoms with Crippen LogP contribution in [0.3, 0.4) is 0 Å². The third-order valence-corrected chi connectivity index (χ3v) is 7.35. The zero-order chi connectivity index (χ0) is 21.8. The minimum absolute atomic E-state index is 0.0893. The second kappa shape index (κ2) is 9.53. The minimum atomic E-state index is -3.84. The van der Waals surface area contributed by atoms with Gasteiger partial charge in [-0.25, -0.2) is 8.42 Å². The first kappa shape index (κ1) is 23.1. The Labute approximate surface area is 171 Å². The number of hydrogen-bond acceptors (Lipinski definition) is 6. The Morgan fingerprint density at radius 2 is 1.83 bits per heavy atom. The van der Waals surface area contributed by atoms with Crippen LogP contribution in [0.15, 0.2) is 23.1 Å². The van der Waals surface area contributed by atoms with Gasteiger partial charge in [-0.3, -0.25) is 14.9 Å². The fraction of sp³-hybridized carbons (Fsp3) is 0.632. The molecule has 1 heterocycles. The van der Waals surface area contributed by atoms with E-state index >= 15 is 0 Å². The number of sulfonamides is 1. The van der Waals surface area contributed by atoms with Crippen molar-refractivity contribution in [2.75, 3.05) is 19.7 Å². The van der Waals surface area contributed by atoms with Gasteiger partial charge < -0.3 is 9.64 Å². The van der Waals surface area contributed by atoms with Gasteiger partial charge in [0.2, 0.25) is 10.0 Å². The van der Waals surface area contributed by atoms with Crippen molar-refractivity contribution in [3.8, 4) is 5.75 Å². The van der Waals surface area contributed by atoms with Crippen molar-refractivity contribution in [1.29, 1.82) is 0 Å². The van der Waals surface area contributed by atoms with E-state index in [0.29, 0.717) is 0 Å². The SMILES string of the molecule is CCN(CC)S(=O)(=O)c1ccc(OCC(=O)N2[C@H](C)CCC[C@@H]2C)c([N+](=O)[O-])c1. The Kier molecular flexibility index (Phi) is 7.59. The molecule has 10 heteroatoms. The lowest BCUT2D eigenvalue weighted by atomic mass is 9.97. The van der Waals surface area contributed by atoms with E-state index in [4.69, 9.17) is 4.74 Å². The highest BCUT2D eigenvalue weighted by Crippen LogP contribution is 2.31. The van der Waals surface area contributed by atoms with Gasteiger partial charge in [-0.1, -0.05) is 13.8 Å². The first-order valence-corrected chi connectivity index (χ1v) is 11.3. The summed E-state index contributed by atoms with van der Waals surface area (Å²) in [6.07, 6.45) is 2.88. The van der Waals surface area contributed by atoms with Gasteiger partial charge in [0, 0.05) is 31.2 Å². The van der Waals surface area contributed by atoms with Gasteiger partial charge in [0.1, 0.15) is 0 Å². The molecule has 0 spiro atoms. The topological polar surface area (TPSA) is 110 Å². The zero-order valence-electron chi connectivity index (χ0n) is 17.3. The van der Waals surface area contributed by atoms with Crippen molar-refractivity contribution in [2.24, 2.45) is 0 Å². The predicted molar refractivity (Wildman–Crippen MR) is 108 cm³/mol. The number of carbonyl (C=O) groups excluding carboxylic acids is 1. The summed E-state index contributed by atoms with van der Waals surface area (Å²) < 4.78 is 31.9. The average molecular weight is 428 g/mol. The number of rotatable bonds is 8. The molecule has 1 aromatic rings. The number of likely N-dealkylation sites (tertiary alicyclic amines) is 1. The van der Waals surface area contributed by atoms with E-state index in [1.54, 1.807) is 18.7 Å². The average Bonchev–Trinajstić information content (AvgIpc) is 2.66. The fourth-order valence-corrected chi connectivity index (χ4v) is 5.24. The van der Waals surface area contributed by atoms with Gasteiger partial charge in [0.05, 0.1) is 9.82 Å². The van der Waals surface area contributed by atoms with E-state index in [1.165, 1.54) is 16.4 Å². The van der Waals surface area contributed by atoms with Crippen LogP contribution in [0.1, 0.15) is 47.0 Å². The van der Waals surface area contributed by atoms with E-state index in [9.17, 15) is 23.3 Å². The van der Waals surface area contributed by atoms with E-state index in [1.807, 2.05) is 13.8 Å². The number of amides is 1. The van der Waals surface area contributed by atoms with Gasteiger partial charge >= 0.3 is 5.69 Å². The van der Waals surface area contributed by atoms with Crippen molar-refractivity contribution in [1.82, 2.24) is 9.21 Å². The summed E-state index contributed by atoms with van der Waals surface area (Å²) in [4.78, 5) is 25.0. The smallest absolute Gasteiger partial charge is 0.312 e. The third kappa shape index (κ3) is 5.05. The van der Waals surface area contributed by atoms with E-state index in [2.05, 4.69) is 0 Å². The van der Waals surface area contributed by atoms with E-state index < -0.39 is 20.6 Å². The lowest BCUT2D eigenvalue weighted by molar-refractivity contribution is -0.386. The van der Waals surface area contributed by atoms with Gasteiger partial charge in [0.15, 0.2) is 12.4 Å². The number of carbonyl (C=O) groups is 1. The van der Waals surface area contributed by atoms with Crippen molar-refractivity contribution in [2.45, 2.75) is 63.9 Å². The monoisotopic (exact) mass is 427 g/mol. The fourth-order valence-electron chi connectivity index (χ4n) is 3.76. The molecule has 1 aliphatic heterocycles. The maximum Gasteiger partial charge on any atom is 0.312 e. The summed E-state index contributed by atoms with van der Waals surface area (Å²) in [6, 6.07) is 3.68. The maximum atomic E-state index is 12.6. The van der Waals surface area contributed by atoms with Crippen molar-refractivity contribution in [3.05, 3.63) is 28.3 Å². The van der Waals surface area contributed by atoms with Crippen molar-refractivity contribution < 1.29 is 22.9 Å². The molecule has 9 nitrogen and oxygen atoms in total. The van der Waals surface area contributed by atoms with Crippen LogP contribution in [0.5, 0.6) is 5.75 Å². The lowest BCUT2D eigenvalue weighted by Crippen LogP contribution is -2.49. The summed E-state index contributed by atoms with van der Waals surface area (Å²) in [5.41, 5.74) is -0.481. The van der Waals surface area contributed by atoms with Gasteiger partial charge in [-0.2, -0.15) is 4.31 Å². The highest BCUT2D eigenvalue weighted by Gasteiger charge is 2.30. The summed E-state index contributed by atoms with van der Waals surface area (Å²) in [5, 5.41) is 11.5. The third-order valence-electron chi connectivity index (χ3n) is 5.30. The number of nitro benzene ring substituents is 1. The largest absolute Gasteiger partial charge is 0.477 e.